The van der Waals surface area contributed by atoms with Crippen molar-refractivity contribution in [2.75, 3.05) is 11.4 Å². The van der Waals surface area contributed by atoms with E-state index in [-0.39, 0.29) is 11.4 Å². The van der Waals surface area contributed by atoms with Crippen molar-refractivity contribution in [3.63, 3.8) is 0 Å². The van der Waals surface area contributed by atoms with Gasteiger partial charge < -0.3 is 9.32 Å². The van der Waals surface area contributed by atoms with Crippen molar-refractivity contribution in [3.8, 4) is 6.07 Å². The smallest absolute Gasteiger partial charge is 0.417 e. The summed E-state index contributed by atoms with van der Waals surface area (Å²) in [4.78, 5) is 0.696. The summed E-state index contributed by atoms with van der Waals surface area (Å²) in [7, 11) is 0. The third kappa shape index (κ3) is 5.16. The Bertz CT molecular complexity index is 791. The Morgan fingerprint density at radius 3 is 2.28 bits per heavy atom. The molecule has 10 heteroatoms. The molecule has 2 rings (SSSR count). The minimum atomic E-state index is -4.86. The number of alkyl halides is 6. The second-order valence-electron chi connectivity index (χ2n) is 5.04. The molecule has 0 fully saturated rings. The highest BCUT2D eigenvalue weighted by Crippen LogP contribution is 2.35. The van der Waals surface area contributed by atoms with E-state index in [9.17, 15) is 26.3 Å². The number of rotatable bonds is 4. The van der Waals surface area contributed by atoms with Crippen LogP contribution in [-0.2, 0) is 12.7 Å². The van der Waals surface area contributed by atoms with Gasteiger partial charge in [0, 0.05) is 5.69 Å². The Kier molecular flexibility index (Phi) is 5.37. The van der Waals surface area contributed by atoms with E-state index < -0.39 is 36.6 Å². The minimum absolute atomic E-state index is 0.133. The SMILES string of the molecule is N#Cc1ccc(N(Cc2cc(Br)co2)CC(F)(F)F)cc1C(F)(F)F. The lowest BCUT2D eigenvalue weighted by atomic mass is 10.1. The van der Waals surface area contributed by atoms with Gasteiger partial charge in [-0.25, -0.2) is 0 Å². The Labute approximate surface area is 146 Å². The van der Waals surface area contributed by atoms with Gasteiger partial charge in [0.25, 0.3) is 0 Å². The third-order valence-corrected chi connectivity index (χ3v) is 3.55. The average Bonchev–Trinajstić information content (AvgIpc) is 2.89. The van der Waals surface area contributed by atoms with Crippen LogP contribution in [0.2, 0.25) is 0 Å². The van der Waals surface area contributed by atoms with Crippen LogP contribution in [0.25, 0.3) is 0 Å². The molecule has 0 atom stereocenters. The maximum atomic E-state index is 13.0. The normalized spacial score (nSPS) is 12.1. The van der Waals surface area contributed by atoms with Crippen molar-refractivity contribution in [1.82, 2.24) is 0 Å². The van der Waals surface area contributed by atoms with E-state index in [1.54, 1.807) is 0 Å². The molecule has 134 valence electrons. The Morgan fingerprint density at radius 1 is 1.12 bits per heavy atom. The van der Waals surface area contributed by atoms with Gasteiger partial charge in [-0.15, -0.1) is 0 Å². The molecule has 1 heterocycles. The lowest BCUT2D eigenvalue weighted by Gasteiger charge is -2.26. The largest absolute Gasteiger partial charge is 0.466 e. The van der Waals surface area contributed by atoms with Crippen LogP contribution in [0.15, 0.2) is 39.4 Å². The predicted molar refractivity (Wildman–Crippen MR) is 79.7 cm³/mol. The van der Waals surface area contributed by atoms with E-state index >= 15 is 0 Å². The molecule has 0 saturated heterocycles. The van der Waals surface area contributed by atoms with Gasteiger partial charge in [0.15, 0.2) is 0 Å². The summed E-state index contributed by atoms with van der Waals surface area (Å²) in [5.74, 6) is 0.133. The van der Waals surface area contributed by atoms with E-state index in [2.05, 4.69) is 15.9 Å². The van der Waals surface area contributed by atoms with E-state index in [0.717, 1.165) is 12.1 Å². The molecule has 2 aromatic rings. The van der Waals surface area contributed by atoms with Crippen LogP contribution in [0, 0.1) is 11.3 Å². The molecule has 1 aromatic heterocycles. The molecule has 0 unspecified atom stereocenters. The fraction of sp³-hybridized carbons (Fsp3) is 0.267. The van der Waals surface area contributed by atoms with E-state index in [1.165, 1.54) is 18.4 Å². The fourth-order valence-electron chi connectivity index (χ4n) is 2.14. The molecule has 3 nitrogen and oxygen atoms in total. The molecular formula is C15H9BrF6N2O. The Morgan fingerprint density at radius 2 is 1.80 bits per heavy atom. The van der Waals surface area contributed by atoms with Gasteiger partial charge in [-0.3, -0.25) is 0 Å². The molecule has 0 aliphatic carbocycles. The lowest BCUT2D eigenvalue weighted by molar-refractivity contribution is -0.137. The molecule has 0 aliphatic rings. The van der Waals surface area contributed by atoms with Crippen LogP contribution in [0.5, 0.6) is 0 Å². The molecule has 0 saturated carbocycles. The average molecular weight is 427 g/mol. The predicted octanol–water partition coefficient (Wildman–Crippen LogP) is 5.50. The van der Waals surface area contributed by atoms with Gasteiger partial charge in [0.2, 0.25) is 0 Å². The van der Waals surface area contributed by atoms with Crippen LogP contribution >= 0.6 is 15.9 Å². The first-order chi connectivity index (χ1) is 11.5. The van der Waals surface area contributed by atoms with Crippen molar-refractivity contribution >= 4 is 21.6 Å². The summed E-state index contributed by atoms with van der Waals surface area (Å²) in [6, 6.07) is 5.21. The Balaban J connectivity index is 2.44. The van der Waals surface area contributed by atoms with Gasteiger partial charge in [0.05, 0.1) is 28.2 Å². The highest BCUT2D eigenvalue weighted by Gasteiger charge is 2.36. The Hall–Kier alpha value is -2.15. The number of hydrogen-bond donors (Lipinski definition) is 0. The van der Waals surface area contributed by atoms with Crippen molar-refractivity contribution in [2.45, 2.75) is 18.9 Å². The molecule has 0 N–H and O–H groups in total. The first-order valence-electron chi connectivity index (χ1n) is 6.65. The first kappa shape index (κ1) is 19.2. The summed E-state index contributed by atoms with van der Waals surface area (Å²) in [5, 5.41) is 8.77. The van der Waals surface area contributed by atoms with Crippen molar-refractivity contribution < 1.29 is 30.8 Å². The topological polar surface area (TPSA) is 40.2 Å². The standard InChI is InChI=1S/C15H9BrF6N2O/c16-10-3-12(25-7-10)6-24(8-14(17,18)19)11-2-1-9(5-23)13(4-11)15(20,21)22/h1-4,7H,6,8H2. The number of furan rings is 1. The number of benzene rings is 1. The zero-order chi connectivity index (χ0) is 18.8. The monoisotopic (exact) mass is 426 g/mol. The summed E-state index contributed by atoms with van der Waals surface area (Å²) >= 11 is 3.08. The summed E-state index contributed by atoms with van der Waals surface area (Å²) in [6.45, 7) is -1.87. The van der Waals surface area contributed by atoms with Gasteiger partial charge in [-0.2, -0.15) is 31.6 Å². The van der Waals surface area contributed by atoms with Crippen LogP contribution < -0.4 is 4.90 Å². The zero-order valence-corrected chi connectivity index (χ0v) is 13.8. The highest BCUT2D eigenvalue weighted by atomic mass is 79.9. The van der Waals surface area contributed by atoms with E-state index in [1.807, 2.05) is 0 Å². The fourth-order valence-corrected chi connectivity index (χ4v) is 2.49. The van der Waals surface area contributed by atoms with Crippen molar-refractivity contribution in [3.05, 3.63) is 51.9 Å². The van der Waals surface area contributed by atoms with E-state index in [4.69, 9.17) is 9.68 Å². The number of halogens is 7. The highest BCUT2D eigenvalue weighted by molar-refractivity contribution is 9.10. The number of hydrogen-bond acceptors (Lipinski definition) is 3. The maximum absolute atomic E-state index is 13.0. The summed E-state index contributed by atoms with van der Waals surface area (Å²) in [6.07, 6.45) is -8.25. The van der Waals surface area contributed by atoms with Gasteiger partial charge in [-0.1, -0.05) is 0 Å². The van der Waals surface area contributed by atoms with Crippen molar-refractivity contribution in [2.24, 2.45) is 0 Å². The lowest BCUT2D eigenvalue weighted by Crippen LogP contribution is -2.34. The summed E-state index contributed by atoms with van der Waals surface area (Å²) in [5.41, 5.74) is -2.28. The number of nitriles is 1. The van der Waals surface area contributed by atoms with E-state index in [0.29, 0.717) is 15.4 Å². The van der Waals surface area contributed by atoms with Crippen LogP contribution in [-0.4, -0.2) is 12.7 Å². The molecule has 0 spiro atoms. The van der Waals surface area contributed by atoms with Crippen molar-refractivity contribution in [1.29, 1.82) is 5.26 Å². The number of nitrogens with zero attached hydrogens (tertiary/aromatic N) is 2. The van der Waals surface area contributed by atoms with Gasteiger partial charge >= 0.3 is 12.4 Å². The quantitative estimate of drug-likeness (QED) is 0.605. The molecule has 0 bridgehead atoms. The second-order valence-corrected chi connectivity index (χ2v) is 5.96. The third-order valence-electron chi connectivity index (χ3n) is 3.13. The zero-order valence-electron chi connectivity index (χ0n) is 12.2. The molecular weight excluding hydrogens is 418 g/mol. The molecule has 0 amide bonds. The van der Waals surface area contributed by atoms with Crippen LogP contribution in [0.4, 0.5) is 32.0 Å². The molecule has 0 radical (unpaired) electrons. The van der Waals surface area contributed by atoms with Crippen LogP contribution in [0.1, 0.15) is 16.9 Å². The van der Waals surface area contributed by atoms with Gasteiger partial charge in [0.1, 0.15) is 18.6 Å². The molecule has 1 aromatic carbocycles. The maximum Gasteiger partial charge on any atom is 0.417 e. The second kappa shape index (κ2) is 7.00. The first-order valence-corrected chi connectivity index (χ1v) is 7.45. The number of anilines is 1. The van der Waals surface area contributed by atoms with Gasteiger partial charge in [-0.05, 0) is 40.2 Å². The van der Waals surface area contributed by atoms with Crippen LogP contribution in [0.3, 0.4) is 0 Å². The molecule has 25 heavy (non-hydrogen) atoms. The molecule has 0 aliphatic heterocycles. The minimum Gasteiger partial charge on any atom is -0.466 e. The summed E-state index contributed by atoms with van der Waals surface area (Å²) < 4.78 is 83.1.